The van der Waals surface area contributed by atoms with Gasteiger partial charge in [0.2, 0.25) is 11.0 Å². The van der Waals surface area contributed by atoms with Crippen LogP contribution in [0.15, 0.2) is 24.3 Å². The lowest BCUT2D eigenvalue weighted by molar-refractivity contribution is -0.121. The van der Waals surface area contributed by atoms with Crippen molar-refractivity contribution in [3.63, 3.8) is 0 Å². The minimum Gasteiger partial charge on any atom is -0.297 e. The zero-order valence-electron chi connectivity index (χ0n) is 10.3. The van der Waals surface area contributed by atoms with E-state index in [1.807, 2.05) is 31.2 Å². The summed E-state index contributed by atoms with van der Waals surface area (Å²) in [6.45, 7) is 2.12. The van der Waals surface area contributed by atoms with Gasteiger partial charge in [0.1, 0.15) is 5.01 Å². The second-order valence-corrected chi connectivity index (χ2v) is 5.41. The van der Waals surface area contributed by atoms with Crippen LogP contribution in [-0.2, 0) is 9.59 Å². The number of ketones is 1. The number of aromatic nitrogens is 2. The smallest absolute Gasteiger partial charge is 0.236 e. The molecule has 6 heteroatoms. The molecule has 0 unspecified atom stereocenters. The number of aryl methyl sites for hydroxylation is 1. The fourth-order valence-corrected chi connectivity index (χ4v) is 2.84. The van der Waals surface area contributed by atoms with Crippen molar-refractivity contribution in [2.24, 2.45) is 0 Å². The van der Waals surface area contributed by atoms with Crippen molar-refractivity contribution in [1.29, 1.82) is 0 Å². The minimum atomic E-state index is -0.197. The number of benzene rings is 1. The first-order valence-electron chi connectivity index (χ1n) is 5.86. The standard InChI is InChI=1S/C13H11N3O2S/c1-8-3-2-4-9(5-8)12-14-15-13(19-12)16-7-10(17)6-11(16)18/h2-5H,6-7H2,1H3. The number of nitrogens with zero attached hydrogens (tertiary/aromatic N) is 3. The molecular formula is C13H11N3O2S. The third-order valence-electron chi connectivity index (χ3n) is 2.89. The maximum atomic E-state index is 11.6. The predicted molar refractivity (Wildman–Crippen MR) is 72.1 cm³/mol. The van der Waals surface area contributed by atoms with Gasteiger partial charge in [-0.1, -0.05) is 35.1 Å². The fourth-order valence-electron chi connectivity index (χ4n) is 1.98. The number of Topliss-reactive ketones (excluding diaryl/α,β-unsaturated/α-hetero) is 1. The first kappa shape index (κ1) is 12.0. The number of carbonyl (C=O) groups is 2. The van der Waals surface area contributed by atoms with E-state index in [1.54, 1.807) is 0 Å². The normalized spacial score (nSPS) is 15.3. The number of hydrogen-bond donors (Lipinski definition) is 0. The van der Waals surface area contributed by atoms with Crippen LogP contribution in [0.3, 0.4) is 0 Å². The van der Waals surface area contributed by atoms with Gasteiger partial charge in [0.25, 0.3) is 0 Å². The summed E-state index contributed by atoms with van der Waals surface area (Å²) in [7, 11) is 0. The van der Waals surface area contributed by atoms with Gasteiger partial charge in [-0.2, -0.15) is 0 Å². The summed E-state index contributed by atoms with van der Waals surface area (Å²) >= 11 is 1.33. The summed E-state index contributed by atoms with van der Waals surface area (Å²) in [5.41, 5.74) is 2.11. The highest BCUT2D eigenvalue weighted by atomic mass is 32.1. The summed E-state index contributed by atoms with van der Waals surface area (Å²) in [4.78, 5) is 24.3. The molecule has 1 aromatic carbocycles. The molecule has 2 aromatic rings. The topological polar surface area (TPSA) is 63.2 Å². The van der Waals surface area contributed by atoms with Crippen molar-refractivity contribution in [2.45, 2.75) is 13.3 Å². The molecule has 3 rings (SSSR count). The van der Waals surface area contributed by atoms with E-state index in [0.29, 0.717) is 5.13 Å². The Labute approximate surface area is 113 Å². The van der Waals surface area contributed by atoms with E-state index in [1.165, 1.54) is 16.2 Å². The molecule has 0 atom stereocenters. The van der Waals surface area contributed by atoms with Crippen LogP contribution < -0.4 is 4.90 Å². The predicted octanol–water partition coefficient (Wildman–Crippen LogP) is 1.82. The van der Waals surface area contributed by atoms with E-state index >= 15 is 0 Å². The Bertz CT molecular complexity index is 665. The van der Waals surface area contributed by atoms with Crippen molar-refractivity contribution in [1.82, 2.24) is 10.2 Å². The molecule has 1 saturated heterocycles. The van der Waals surface area contributed by atoms with Crippen molar-refractivity contribution in [2.75, 3.05) is 11.4 Å². The maximum absolute atomic E-state index is 11.6. The van der Waals surface area contributed by atoms with Crippen molar-refractivity contribution in [3.05, 3.63) is 29.8 Å². The van der Waals surface area contributed by atoms with E-state index in [4.69, 9.17) is 0 Å². The second kappa shape index (κ2) is 4.55. The van der Waals surface area contributed by atoms with Crippen LogP contribution in [0, 0.1) is 6.92 Å². The number of carbonyl (C=O) groups excluding carboxylic acids is 2. The first-order valence-corrected chi connectivity index (χ1v) is 6.68. The Morgan fingerprint density at radius 2 is 2.11 bits per heavy atom. The van der Waals surface area contributed by atoms with E-state index in [9.17, 15) is 9.59 Å². The molecular weight excluding hydrogens is 262 g/mol. The summed E-state index contributed by atoms with van der Waals surface area (Å²) in [5, 5.41) is 9.35. The van der Waals surface area contributed by atoms with Crippen LogP contribution in [0.25, 0.3) is 10.6 Å². The molecule has 5 nitrogen and oxygen atoms in total. The molecule has 0 radical (unpaired) electrons. The van der Waals surface area contributed by atoms with Gasteiger partial charge in [-0.05, 0) is 13.0 Å². The lowest BCUT2D eigenvalue weighted by atomic mass is 10.1. The molecule has 96 valence electrons. The van der Waals surface area contributed by atoms with Crippen LogP contribution in [-0.4, -0.2) is 28.4 Å². The Kier molecular flexibility index (Phi) is 2.87. The molecule has 1 fully saturated rings. The van der Waals surface area contributed by atoms with Gasteiger partial charge in [-0.3, -0.25) is 14.5 Å². The largest absolute Gasteiger partial charge is 0.297 e. The molecule has 1 aromatic heterocycles. The molecule has 0 spiro atoms. The van der Waals surface area contributed by atoms with Gasteiger partial charge in [-0.15, -0.1) is 10.2 Å². The Hall–Kier alpha value is -2.08. The number of hydrogen-bond acceptors (Lipinski definition) is 5. The average Bonchev–Trinajstić information content (AvgIpc) is 2.96. The Morgan fingerprint density at radius 3 is 2.79 bits per heavy atom. The average molecular weight is 273 g/mol. The highest BCUT2D eigenvalue weighted by Crippen LogP contribution is 2.30. The van der Waals surface area contributed by atoms with E-state index < -0.39 is 0 Å². The van der Waals surface area contributed by atoms with Crippen LogP contribution >= 0.6 is 11.3 Å². The van der Waals surface area contributed by atoms with Gasteiger partial charge < -0.3 is 0 Å². The van der Waals surface area contributed by atoms with E-state index in [0.717, 1.165) is 16.1 Å². The van der Waals surface area contributed by atoms with E-state index in [-0.39, 0.29) is 24.7 Å². The molecule has 2 heterocycles. The molecule has 0 N–H and O–H groups in total. The number of amides is 1. The maximum Gasteiger partial charge on any atom is 0.236 e. The van der Waals surface area contributed by atoms with Gasteiger partial charge in [0, 0.05) is 5.56 Å². The zero-order chi connectivity index (χ0) is 13.4. The highest BCUT2D eigenvalue weighted by molar-refractivity contribution is 7.18. The number of anilines is 1. The van der Waals surface area contributed by atoms with Crippen molar-refractivity contribution < 1.29 is 9.59 Å². The Morgan fingerprint density at radius 1 is 1.26 bits per heavy atom. The van der Waals surface area contributed by atoms with Gasteiger partial charge in [-0.25, -0.2) is 0 Å². The van der Waals surface area contributed by atoms with Crippen LogP contribution in [0.5, 0.6) is 0 Å². The van der Waals surface area contributed by atoms with Gasteiger partial charge in [0.15, 0.2) is 5.78 Å². The monoisotopic (exact) mass is 273 g/mol. The third kappa shape index (κ3) is 2.26. The Balaban J connectivity index is 1.92. The lowest BCUT2D eigenvalue weighted by Gasteiger charge is -2.07. The summed E-state index contributed by atoms with van der Waals surface area (Å²) in [5.74, 6) is -0.269. The molecule has 0 bridgehead atoms. The second-order valence-electron chi connectivity index (χ2n) is 4.45. The molecule has 1 aliphatic rings. The minimum absolute atomic E-state index is 0.0284. The van der Waals surface area contributed by atoms with Gasteiger partial charge in [0.05, 0.1) is 13.0 Å². The molecule has 19 heavy (non-hydrogen) atoms. The highest BCUT2D eigenvalue weighted by Gasteiger charge is 2.31. The lowest BCUT2D eigenvalue weighted by Crippen LogP contribution is -2.24. The van der Waals surface area contributed by atoms with Crippen LogP contribution in [0.1, 0.15) is 12.0 Å². The summed E-state index contributed by atoms with van der Waals surface area (Å²) in [6, 6.07) is 7.93. The third-order valence-corrected chi connectivity index (χ3v) is 3.89. The molecule has 1 aliphatic heterocycles. The van der Waals surface area contributed by atoms with E-state index in [2.05, 4.69) is 10.2 Å². The summed E-state index contributed by atoms with van der Waals surface area (Å²) in [6.07, 6.45) is -0.0284. The SMILES string of the molecule is Cc1cccc(-c2nnc(N3CC(=O)CC3=O)s2)c1. The molecule has 0 saturated carbocycles. The van der Waals surface area contributed by atoms with Crippen LogP contribution in [0.2, 0.25) is 0 Å². The number of rotatable bonds is 2. The first-order chi connectivity index (χ1) is 9.13. The molecule has 1 amide bonds. The van der Waals surface area contributed by atoms with Gasteiger partial charge >= 0.3 is 0 Å². The fraction of sp³-hybridized carbons (Fsp3) is 0.231. The zero-order valence-corrected chi connectivity index (χ0v) is 11.1. The molecule has 0 aliphatic carbocycles. The van der Waals surface area contributed by atoms with Crippen molar-refractivity contribution >= 4 is 28.2 Å². The summed E-state index contributed by atoms with van der Waals surface area (Å²) < 4.78 is 0. The van der Waals surface area contributed by atoms with Crippen molar-refractivity contribution in [3.8, 4) is 10.6 Å². The van der Waals surface area contributed by atoms with Crippen LogP contribution in [0.4, 0.5) is 5.13 Å². The quantitative estimate of drug-likeness (QED) is 0.783.